The summed E-state index contributed by atoms with van der Waals surface area (Å²) >= 11 is 6.00. The zero-order valence-corrected chi connectivity index (χ0v) is 18.1. The van der Waals surface area contributed by atoms with Crippen LogP contribution in [0, 0.1) is 0 Å². The molecule has 0 aliphatic heterocycles. The summed E-state index contributed by atoms with van der Waals surface area (Å²) < 4.78 is 0. The number of nitrogens with one attached hydrogen (secondary N) is 3. The molecule has 0 atom stereocenters. The molecule has 2 aromatic rings. The molecule has 0 fully saturated rings. The van der Waals surface area contributed by atoms with Crippen molar-refractivity contribution in [3.8, 4) is 0 Å². The molecule has 0 saturated carbocycles. The minimum Gasteiger partial charge on any atom is -0.370 e. The second-order valence-corrected chi connectivity index (χ2v) is 6.09. The third-order valence-electron chi connectivity index (χ3n) is 3.69. The van der Waals surface area contributed by atoms with E-state index < -0.39 is 0 Å². The fourth-order valence-corrected chi connectivity index (χ4v) is 2.59. The maximum atomic E-state index is 6.00. The van der Waals surface area contributed by atoms with Crippen LogP contribution in [0.4, 0.5) is 5.82 Å². The molecule has 0 aliphatic carbocycles. The normalized spacial score (nSPS) is 10.8. The molecule has 7 heteroatoms. The Morgan fingerprint density at radius 1 is 1.04 bits per heavy atom. The van der Waals surface area contributed by atoms with E-state index in [0.29, 0.717) is 0 Å². The number of nitrogens with zero attached hydrogens (tertiary/aromatic N) is 2. The molecule has 1 heterocycles. The molecular formula is C19H27ClIN5. The van der Waals surface area contributed by atoms with Gasteiger partial charge in [-0.05, 0) is 49.1 Å². The average molecular weight is 488 g/mol. The van der Waals surface area contributed by atoms with Crippen LogP contribution >= 0.6 is 35.6 Å². The van der Waals surface area contributed by atoms with Crippen molar-refractivity contribution in [2.45, 2.75) is 19.3 Å². The van der Waals surface area contributed by atoms with E-state index in [0.717, 1.165) is 55.7 Å². The Labute approximate surface area is 178 Å². The van der Waals surface area contributed by atoms with Crippen LogP contribution in [0.25, 0.3) is 0 Å². The molecular weight excluding hydrogens is 461 g/mol. The molecule has 0 spiro atoms. The van der Waals surface area contributed by atoms with Crippen LogP contribution in [0.15, 0.2) is 53.7 Å². The molecule has 0 saturated heterocycles. The zero-order valence-electron chi connectivity index (χ0n) is 15.0. The van der Waals surface area contributed by atoms with Crippen LogP contribution in [0.3, 0.4) is 0 Å². The second-order valence-electron chi connectivity index (χ2n) is 5.65. The summed E-state index contributed by atoms with van der Waals surface area (Å²) in [7, 11) is 1.79. The lowest BCUT2D eigenvalue weighted by Gasteiger charge is -2.12. The number of unbranched alkanes of at least 4 members (excludes halogenated alkanes) is 1. The van der Waals surface area contributed by atoms with Crippen LogP contribution in [0.2, 0.25) is 5.02 Å². The van der Waals surface area contributed by atoms with E-state index in [1.165, 1.54) is 5.56 Å². The fraction of sp³-hybridized carbons (Fsp3) is 0.368. The van der Waals surface area contributed by atoms with Gasteiger partial charge >= 0.3 is 0 Å². The summed E-state index contributed by atoms with van der Waals surface area (Å²) in [6.07, 6.45) is 4.84. The van der Waals surface area contributed by atoms with Gasteiger partial charge in [0.15, 0.2) is 5.96 Å². The molecule has 3 N–H and O–H groups in total. The number of benzene rings is 1. The quantitative estimate of drug-likeness (QED) is 0.217. The van der Waals surface area contributed by atoms with Crippen molar-refractivity contribution in [2.75, 3.05) is 32.0 Å². The number of guanidine groups is 1. The Morgan fingerprint density at radius 3 is 2.58 bits per heavy atom. The summed E-state index contributed by atoms with van der Waals surface area (Å²) in [5.41, 5.74) is 1.22. The highest BCUT2D eigenvalue weighted by molar-refractivity contribution is 14.0. The van der Waals surface area contributed by atoms with E-state index in [2.05, 4.69) is 32.0 Å². The first-order valence-corrected chi connectivity index (χ1v) is 8.99. The molecule has 0 bridgehead atoms. The van der Waals surface area contributed by atoms with Crippen molar-refractivity contribution >= 4 is 47.4 Å². The molecule has 1 aromatic heterocycles. The highest BCUT2D eigenvalue weighted by Gasteiger charge is 1.99. The van der Waals surface area contributed by atoms with Crippen molar-refractivity contribution in [1.82, 2.24) is 15.6 Å². The fourth-order valence-electron chi connectivity index (χ4n) is 2.38. The third-order valence-corrected chi connectivity index (χ3v) is 3.92. The van der Waals surface area contributed by atoms with Gasteiger partial charge in [-0.3, -0.25) is 4.99 Å². The molecule has 0 radical (unpaired) electrons. The average Bonchev–Trinajstić information content (AvgIpc) is 2.64. The highest BCUT2D eigenvalue weighted by atomic mass is 127. The molecule has 1 aromatic carbocycles. The number of halogens is 2. The number of hydrogen-bond acceptors (Lipinski definition) is 3. The van der Waals surface area contributed by atoms with Gasteiger partial charge in [-0.2, -0.15) is 0 Å². The summed E-state index contributed by atoms with van der Waals surface area (Å²) in [6.45, 7) is 2.63. The van der Waals surface area contributed by atoms with Gasteiger partial charge in [-0.1, -0.05) is 29.8 Å². The van der Waals surface area contributed by atoms with E-state index in [4.69, 9.17) is 11.6 Å². The molecule has 142 valence electrons. The van der Waals surface area contributed by atoms with Gasteiger partial charge in [0, 0.05) is 37.9 Å². The largest absolute Gasteiger partial charge is 0.370 e. The van der Waals surface area contributed by atoms with Crippen LogP contribution in [0.5, 0.6) is 0 Å². The topological polar surface area (TPSA) is 61.3 Å². The maximum absolute atomic E-state index is 6.00. The first-order valence-electron chi connectivity index (χ1n) is 8.62. The van der Waals surface area contributed by atoms with Gasteiger partial charge in [0.25, 0.3) is 0 Å². The monoisotopic (exact) mass is 487 g/mol. The molecule has 0 amide bonds. The number of aromatic nitrogens is 1. The standard InChI is InChI=1S/C19H26ClN5.HI/c1-21-19(25-14-10-16-7-6-8-17(20)15-16)24-13-5-4-12-23-18-9-2-3-11-22-18;/h2-3,6-9,11,15H,4-5,10,12-14H2,1H3,(H,22,23)(H2,21,24,25);1H. The third kappa shape index (κ3) is 9.24. The van der Waals surface area contributed by atoms with E-state index in [1.807, 2.05) is 36.4 Å². The molecule has 5 nitrogen and oxygen atoms in total. The summed E-state index contributed by atoms with van der Waals surface area (Å²) in [4.78, 5) is 8.48. The predicted octanol–water partition coefficient (Wildman–Crippen LogP) is 3.95. The molecule has 0 unspecified atom stereocenters. The smallest absolute Gasteiger partial charge is 0.190 e. The van der Waals surface area contributed by atoms with E-state index in [9.17, 15) is 0 Å². The lowest BCUT2D eigenvalue weighted by molar-refractivity contribution is 0.710. The van der Waals surface area contributed by atoms with E-state index >= 15 is 0 Å². The van der Waals surface area contributed by atoms with Crippen LogP contribution in [-0.4, -0.2) is 37.6 Å². The Morgan fingerprint density at radius 2 is 1.85 bits per heavy atom. The Balaban J connectivity index is 0.00000338. The van der Waals surface area contributed by atoms with Gasteiger partial charge in [0.05, 0.1) is 0 Å². The summed E-state index contributed by atoms with van der Waals surface area (Å²) in [6, 6.07) is 13.8. The van der Waals surface area contributed by atoms with Gasteiger partial charge in [0.2, 0.25) is 0 Å². The lowest BCUT2D eigenvalue weighted by Crippen LogP contribution is -2.38. The zero-order chi connectivity index (χ0) is 17.7. The Hall–Kier alpha value is -1.54. The second kappa shape index (κ2) is 13.6. The Bertz CT molecular complexity index is 651. The first kappa shape index (κ1) is 22.5. The van der Waals surface area contributed by atoms with Gasteiger partial charge in [0.1, 0.15) is 5.82 Å². The number of hydrogen-bond donors (Lipinski definition) is 3. The number of pyridine rings is 1. The summed E-state index contributed by atoms with van der Waals surface area (Å²) in [5.74, 6) is 1.76. The van der Waals surface area contributed by atoms with Crippen molar-refractivity contribution in [1.29, 1.82) is 0 Å². The Kier molecular flexibility index (Phi) is 11.8. The first-order chi connectivity index (χ1) is 12.3. The summed E-state index contributed by atoms with van der Waals surface area (Å²) in [5, 5.41) is 10.7. The molecule has 26 heavy (non-hydrogen) atoms. The SMILES string of the molecule is CN=C(NCCCCNc1ccccn1)NCCc1cccc(Cl)c1.I. The molecule has 0 aliphatic rings. The van der Waals surface area contributed by atoms with Crippen molar-refractivity contribution < 1.29 is 0 Å². The predicted molar refractivity (Wildman–Crippen MR) is 122 cm³/mol. The van der Waals surface area contributed by atoms with E-state index in [-0.39, 0.29) is 24.0 Å². The number of rotatable bonds is 9. The van der Waals surface area contributed by atoms with Crippen molar-refractivity contribution in [2.24, 2.45) is 4.99 Å². The minimum atomic E-state index is 0. The van der Waals surface area contributed by atoms with Crippen LogP contribution < -0.4 is 16.0 Å². The number of anilines is 1. The van der Waals surface area contributed by atoms with Gasteiger partial charge < -0.3 is 16.0 Å². The van der Waals surface area contributed by atoms with Gasteiger partial charge in [-0.15, -0.1) is 24.0 Å². The van der Waals surface area contributed by atoms with Gasteiger partial charge in [-0.25, -0.2) is 4.98 Å². The maximum Gasteiger partial charge on any atom is 0.190 e. The van der Waals surface area contributed by atoms with Crippen molar-refractivity contribution in [3.63, 3.8) is 0 Å². The minimum absolute atomic E-state index is 0. The molecule has 2 rings (SSSR count). The van der Waals surface area contributed by atoms with Crippen molar-refractivity contribution in [3.05, 3.63) is 59.2 Å². The van der Waals surface area contributed by atoms with Crippen LogP contribution in [-0.2, 0) is 6.42 Å². The lowest BCUT2D eigenvalue weighted by atomic mass is 10.1. The van der Waals surface area contributed by atoms with E-state index in [1.54, 1.807) is 13.2 Å². The highest BCUT2D eigenvalue weighted by Crippen LogP contribution is 2.10. The number of aliphatic imine (C=N–C) groups is 1. The van der Waals surface area contributed by atoms with Crippen LogP contribution in [0.1, 0.15) is 18.4 Å².